The Bertz CT molecular complexity index is 1160. The van der Waals surface area contributed by atoms with Gasteiger partial charge >= 0.3 is 6.61 Å². The van der Waals surface area contributed by atoms with Crippen molar-refractivity contribution in [2.24, 2.45) is 0 Å². The fourth-order valence-corrected chi connectivity index (χ4v) is 4.28. The fraction of sp³-hybridized carbons (Fsp3) is 0.407. The molecule has 4 nitrogen and oxygen atoms in total. The van der Waals surface area contributed by atoms with Crippen molar-refractivity contribution in [2.75, 3.05) is 19.8 Å². The second-order valence-electron chi connectivity index (χ2n) is 8.57. The highest BCUT2D eigenvalue weighted by molar-refractivity contribution is 5.84. The zero-order valence-corrected chi connectivity index (χ0v) is 19.7. The number of rotatable bonds is 10. The largest absolute Gasteiger partial charge is 0.429 e. The Hall–Kier alpha value is -2.75. The predicted molar refractivity (Wildman–Crippen MR) is 124 cm³/mol. The third-order valence-electron chi connectivity index (χ3n) is 6.05. The summed E-state index contributed by atoms with van der Waals surface area (Å²) in [5.41, 5.74) is 1.61. The molecule has 0 aliphatic carbocycles. The van der Waals surface area contributed by atoms with Crippen molar-refractivity contribution in [2.45, 2.75) is 51.6 Å². The molecule has 1 heterocycles. The van der Waals surface area contributed by atoms with Gasteiger partial charge in [0.25, 0.3) is 0 Å². The van der Waals surface area contributed by atoms with Crippen LogP contribution in [0.15, 0.2) is 42.5 Å². The van der Waals surface area contributed by atoms with Crippen molar-refractivity contribution >= 4 is 10.8 Å². The van der Waals surface area contributed by atoms with Gasteiger partial charge in [0.15, 0.2) is 23.7 Å². The van der Waals surface area contributed by atoms with Crippen LogP contribution in [0.1, 0.15) is 30.0 Å². The second kappa shape index (κ2) is 12.0. The monoisotopic (exact) mass is 510 g/mol. The Balaban J connectivity index is 1.37. The van der Waals surface area contributed by atoms with Crippen molar-refractivity contribution in [1.29, 1.82) is 0 Å². The van der Waals surface area contributed by atoms with E-state index in [-0.39, 0.29) is 30.8 Å². The quantitative estimate of drug-likeness (QED) is 0.298. The Morgan fingerprint density at radius 1 is 0.889 bits per heavy atom. The molecule has 1 fully saturated rings. The zero-order valence-electron chi connectivity index (χ0n) is 19.7. The van der Waals surface area contributed by atoms with Gasteiger partial charge in [0.05, 0.1) is 13.2 Å². The lowest BCUT2D eigenvalue weighted by atomic mass is 9.98. The summed E-state index contributed by atoms with van der Waals surface area (Å²) in [5, 5.41) is 1.18. The molecule has 1 aliphatic heterocycles. The van der Waals surface area contributed by atoms with Gasteiger partial charge in [-0.15, -0.1) is 0 Å². The molecular weight excluding hydrogens is 483 g/mol. The Morgan fingerprint density at radius 3 is 2.28 bits per heavy atom. The van der Waals surface area contributed by atoms with E-state index in [0.717, 1.165) is 23.1 Å². The first-order valence-corrected chi connectivity index (χ1v) is 11.8. The van der Waals surface area contributed by atoms with Crippen LogP contribution < -0.4 is 4.74 Å². The molecule has 194 valence electrons. The first kappa shape index (κ1) is 26.3. The summed E-state index contributed by atoms with van der Waals surface area (Å²) in [6.07, 6.45) is 1.32. The van der Waals surface area contributed by atoms with Crippen LogP contribution in [0.4, 0.5) is 22.0 Å². The van der Waals surface area contributed by atoms with E-state index in [1.807, 2.05) is 19.1 Å². The van der Waals surface area contributed by atoms with Gasteiger partial charge in [0.1, 0.15) is 11.9 Å². The van der Waals surface area contributed by atoms with Crippen LogP contribution in [0.3, 0.4) is 0 Å². The summed E-state index contributed by atoms with van der Waals surface area (Å²) in [4.78, 5) is 0. The highest BCUT2D eigenvalue weighted by Crippen LogP contribution is 2.28. The van der Waals surface area contributed by atoms with Crippen molar-refractivity contribution in [1.82, 2.24) is 0 Å². The molecule has 9 heteroatoms. The highest BCUT2D eigenvalue weighted by atomic mass is 19.3. The number of aryl methyl sites for hydroxylation is 3. The van der Waals surface area contributed by atoms with E-state index in [9.17, 15) is 17.6 Å². The van der Waals surface area contributed by atoms with Gasteiger partial charge in [-0.1, -0.05) is 30.3 Å². The van der Waals surface area contributed by atoms with E-state index in [0.29, 0.717) is 43.6 Å². The summed E-state index contributed by atoms with van der Waals surface area (Å²) in [6.45, 7) is 0.193. The van der Waals surface area contributed by atoms with Gasteiger partial charge in [-0.3, -0.25) is 0 Å². The van der Waals surface area contributed by atoms with Gasteiger partial charge in [0, 0.05) is 18.4 Å². The van der Waals surface area contributed by atoms with E-state index >= 15 is 4.39 Å². The molecule has 3 aromatic rings. The molecule has 1 aliphatic rings. The van der Waals surface area contributed by atoms with E-state index in [2.05, 4.69) is 4.74 Å². The lowest BCUT2D eigenvalue weighted by molar-refractivity contribution is -0.227. The molecule has 0 unspecified atom stereocenters. The van der Waals surface area contributed by atoms with E-state index < -0.39 is 29.8 Å². The van der Waals surface area contributed by atoms with Crippen LogP contribution in [0.2, 0.25) is 0 Å². The Kier molecular flexibility index (Phi) is 8.77. The van der Waals surface area contributed by atoms with Crippen molar-refractivity contribution in [3.05, 3.63) is 76.6 Å². The molecule has 1 saturated heterocycles. The number of hydrogen-bond acceptors (Lipinski definition) is 4. The van der Waals surface area contributed by atoms with Gasteiger partial charge in [-0.2, -0.15) is 8.78 Å². The number of hydrogen-bond donors (Lipinski definition) is 0. The second-order valence-corrected chi connectivity index (χ2v) is 8.57. The third kappa shape index (κ3) is 6.52. The Morgan fingerprint density at radius 2 is 1.61 bits per heavy atom. The summed E-state index contributed by atoms with van der Waals surface area (Å²) < 4.78 is 88.4. The molecule has 0 aromatic heterocycles. The van der Waals surface area contributed by atoms with Crippen LogP contribution in [0, 0.1) is 17.5 Å². The molecule has 36 heavy (non-hydrogen) atoms. The summed E-state index contributed by atoms with van der Waals surface area (Å²) in [7, 11) is 0. The molecule has 4 rings (SSSR count). The summed E-state index contributed by atoms with van der Waals surface area (Å²) >= 11 is 0. The normalized spacial score (nSPS) is 18.2. The van der Waals surface area contributed by atoms with Gasteiger partial charge < -0.3 is 18.9 Å². The van der Waals surface area contributed by atoms with Crippen LogP contribution in [-0.2, 0) is 33.5 Å². The number of benzene rings is 3. The number of halogens is 5. The molecular formula is C27H27F5O4. The fourth-order valence-electron chi connectivity index (χ4n) is 4.28. The smallest absolute Gasteiger partial charge is 0.387 e. The van der Waals surface area contributed by atoms with Gasteiger partial charge in [-0.05, 0) is 60.4 Å². The maximum Gasteiger partial charge on any atom is 0.387 e. The highest BCUT2D eigenvalue weighted by Gasteiger charge is 2.22. The minimum Gasteiger partial charge on any atom is -0.429 e. The standard InChI is InChI=1S/C27H27F5O4/c1-2-33-20-14-34-24(35-15-20)10-5-16-4-9-21-19(11-16)8-7-18(25(21)30)6-3-17-12-22(28)26(23(29)13-17)36-27(31)32/h4,7-9,11-13,20,24,27H,2-3,5-6,10,14-15H2,1H3. The van der Waals surface area contributed by atoms with Crippen LogP contribution >= 0.6 is 0 Å². The van der Waals surface area contributed by atoms with Crippen LogP contribution in [0.5, 0.6) is 5.75 Å². The number of alkyl halides is 2. The van der Waals surface area contributed by atoms with Crippen LogP contribution in [-0.4, -0.2) is 38.8 Å². The molecule has 0 bridgehead atoms. The minimum absolute atomic E-state index is 0.0407. The number of fused-ring (bicyclic) bond motifs is 1. The van der Waals surface area contributed by atoms with Gasteiger partial charge in [-0.25, -0.2) is 13.2 Å². The first-order chi connectivity index (χ1) is 17.3. The lowest BCUT2D eigenvalue weighted by Gasteiger charge is -2.29. The molecule has 0 spiro atoms. The van der Waals surface area contributed by atoms with E-state index in [1.54, 1.807) is 18.2 Å². The van der Waals surface area contributed by atoms with E-state index in [1.165, 1.54) is 0 Å². The average molecular weight is 510 g/mol. The van der Waals surface area contributed by atoms with Crippen LogP contribution in [0.25, 0.3) is 10.8 Å². The third-order valence-corrected chi connectivity index (χ3v) is 6.05. The molecule has 0 radical (unpaired) electrons. The SMILES string of the molecule is CCOC1COC(CCc2ccc3c(F)c(CCc4cc(F)c(OC(F)F)c(F)c4)ccc3c2)OC1. The first-order valence-electron chi connectivity index (χ1n) is 11.8. The molecule has 0 atom stereocenters. The van der Waals surface area contributed by atoms with Crippen molar-refractivity contribution in [3.63, 3.8) is 0 Å². The molecule has 0 saturated carbocycles. The maximum atomic E-state index is 15.1. The lowest BCUT2D eigenvalue weighted by Crippen LogP contribution is -2.37. The van der Waals surface area contributed by atoms with E-state index in [4.69, 9.17) is 14.2 Å². The summed E-state index contributed by atoms with van der Waals surface area (Å²) in [6, 6.07) is 10.8. The minimum atomic E-state index is -3.34. The predicted octanol–water partition coefficient (Wildman–Crippen LogP) is 6.35. The average Bonchev–Trinajstić information content (AvgIpc) is 2.85. The topological polar surface area (TPSA) is 36.9 Å². The summed E-state index contributed by atoms with van der Waals surface area (Å²) in [5.74, 6) is -3.98. The molecule has 0 N–H and O–H groups in total. The zero-order chi connectivity index (χ0) is 25.7. The van der Waals surface area contributed by atoms with Crippen molar-refractivity contribution < 1.29 is 40.9 Å². The molecule has 3 aromatic carbocycles. The van der Waals surface area contributed by atoms with Crippen molar-refractivity contribution in [3.8, 4) is 5.75 Å². The maximum absolute atomic E-state index is 15.1. The Labute approximate surface area is 205 Å². The van der Waals surface area contributed by atoms with Gasteiger partial charge in [0.2, 0.25) is 0 Å². The molecule has 0 amide bonds. The number of ether oxygens (including phenoxy) is 4.